The zero-order valence-corrected chi connectivity index (χ0v) is 13.4. The van der Waals surface area contributed by atoms with Crippen LogP contribution < -0.4 is 0 Å². The van der Waals surface area contributed by atoms with E-state index in [9.17, 15) is 14.0 Å². The Morgan fingerprint density at radius 2 is 2.05 bits per heavy atom. The smallest absolute Gasteiger partial charge is 0.325 e. The quantitative estimate of drug-likeness (QED) is 0.777. The number of methoxy groups -OCH3 is 1. The lowest BCUT2D eigenvalue weighted by atomic mass is 10.1. The third kappa shape index (κ3) is 3.61. The summed E-state index contributed by atoms with van der Waals surface area (Å²) in [4.78, 5) is 25.6. The van der Waals surface area contributed by atoms with Crippen LogP contribution in [-0.2, 0) is 9.53 Å². The Balaban J connectivity index is 2.28. The average Bonchev–Trinajstić information content (AvgIpc) is 3.00. The summed E-state index contributed by atoms with van der Waals surface area (Å²) in [6, 6.07) is 4.54. The molecule has 1 amide bonds. The van der Waals surface area contributed by atoms with E-state index >= 15 is 0 Å². The summed E-state index contributed by atoms with van der Waals surface area (Å²) >= 11 is 3.07. The number of nitrogens with zero attached hydrogens (tertiary/aromatic N) is 1. The third-order valence-electron chi connectivity index (χ3n) is 3.74. The van der Waals surface area contributed by atoms with E-state index < -0.39 is 17.7 Å². The zero-order valence-electron chi connectivity index (χ0n) is 11.8. The van der Waals surface area contributed by atoms with Crippen LogP contribution in [0.4, 0.5) is 4.39 Å². The lowest BCUT2D eigenvalue weighted by Gasteiger charge is -2.28. The molecule has 1 aliphatic rings. The lowest BCUT2D eigenvalue weighted by molar-refractivity contribution is -0.141. The normalized spacial score (nSPS) is 15.0. The van der Waals surface area contributed by atoms with Crippen LogP contribution in [0.25, 0.3) is 0 Å². The van der Waals surface area contributed by atoms with Gasteiger partial charge in [-0.25, -0.2) is 4.39 Å². The van der Waals surface area contributed by atoms with Gasteiger partial charge in [0, 0.05) is 6.04 Å². The minimum atomic E-state index is -0.602. The van der Waals surface area contributed by atoms with Gasteiger partial charge in [-0.05, 0) is 40.9 Å². The second-order valence-electron chi connectivity index (χ2n) is 5.05. The summed E-state index contributed by atoms with van der Waals surface area (Å²) in [7, 11) is 1.28. The van der Waals surface area contributed by atoms with Crippen molar-refractivity contribution in [3.8, 4) is 0 Å². The van der Waals surface area contributed by atoms with Crippen LogP contribution in [0.5, 0.6) is 0 Å². The maximum absolute atomic E-state index is 14.1. The van der Waals surface area contributed by atoms with Gasteiger partial charge in [-0.1, -0.05) is 18.9 Å². The van der Waals surface area contributed by atoms with Gasteiger partial charge in [0.15, 0.2) is 0 Å². The maximum atomic E-state index is 14.1. The lowest BCUT2D eigenvalue weighted by Crippen LogP contribution is -2.43. The number of carbonyl (C=O) groups is 2. The Kier molecular flexibility index (Phi) is 5.33. The molecule has 0 aliphatic heterocycles. The Bertz CT molecular complexity index is 544. The van der Waals surface area contributed by atoms with Crippen LogP contribution in [0, 0.1) is 5.82 Å². The van der Waals surface area contributed by atoms with Crippen LogP contribution in [0.2, 0.25) is 0 Å². The molecule has 0 saturated heterocycles. The van der Waals surface area contributed by atoms with Crippen molar-refractivity contribution in [1.29, 1.82) is 0 Å². The zero-order chi connectivity index (χ0) is 15.4. The van der Waals surface area contributed by atoms with Gasteiger partial charge in [-0.15, -0.1) is 0 Å². The number of rotatable bonds is 4. The van der Waals surface area contributed by atoms with Gasteiger partial charge in [0.2, 0.25) is 0 Å². The summed E-state index contributed by atoms with van der Waals surface area (Å²) in [6.07, 6.45) is 3.68. The van der Waals surface area contributed by atoms with Gasteiger partial charge in [-0.3, -0.25) is 9.59 Å². The van der Waals surface area contributed by atoms with Gasteiger partial charge in [0.25, 0.3) is 5.91 Å². The fraction of sp³-hybridized carbons (Fsp3) is 0.467. The molecule has 0 bridgehead atoms. The van der Waals surface area contributed by atoms with Crippen LogP contribution in [0.1, 0.15) is 36.0 Å². The molecule has 1 fully saturated rings. The molecule has 0 unspecified atom stereocenters. The van der Waals surface area contributed by atoms with Crippen LogP contribution in [0.15, 0.2) is 22.7 Å². The molecule has 0 radical (unpaired) electrons. The maximum Gasteiger partial charge on any atom is 0.325 e. The van der Waals surface area contributed by atoms with E-state index in [0.29, 0.717) is 0 Å². The predicted octanol–water partition coefficient (Wildman–Crippen LogP) is 3.15. The van der Waals surface area contributed by atoms with Crippen LogP contribution >= 0.6 is 15.9 Å². The number of amides is 1. The van der Waals surface area contributed by atoms with Crippen LogP contribution in [-0.4, -0.2) is 36.5 Å². The highest BCUT2D eigenvalue weighted by Crippen LogP contribution is 2.27. The highest BCUT2D eigenvalue weighted by molar-refractivity contribution is 9.10. The van der Waals surface area contributed by atoms with E-state index in [-0.39, 0.29) is 22.6 Å². The number of hydrogen-bond donors (Lipinski definition) is 0. The Morgan fingerprint density at radius 3 is 2.67 bits per heavy atom. The molecule has 6 heteroatoms. The highest BCUT2D eigenvalue weighted by atomic mass is 79.9. The van der Waals surface area contributed by atoms with Gasteiger partial charge in [0.05, 0.1) is 17.1 Å². The SMILES string of the molecule is COC(=O)CN(C(=O)c1cccc(Br)c1F)C1CCCC1. The van der Waals surface area contributed by atoms with Crippen molar-refractivity contribution >= 4 is 27.8 Å². The molecule has 2 rings (SSSR count). The molecule has 1 aromatic rings. The first kappa shape index (κ1) is 15.9. The molecule has 4 nitrogen and oxygen atoms in total. The van der Waals surface area contributed by atoms with Crippen molar-refractivity contribution in [1.82, 2.24) is 4.90 Å². The largest absolute Gasteiger partial charge is 0.468 e. The van der Waals surface area contributed by atoms with Crippen molar-refractivity contribution in [3.63, 3.8) is 0 Å². The Hall–Kier alpha value is -1.43. The standard InChI is InChI=1S/C15H17BrFNO3/c1-21-13(19)9-18(10-5-2-3-6-10)15(20)11-7-4-8-12(16)14(11)17/h4,7-8,10H,2-3,5-6,9H2,1H3. The second-order valence-corrected chi connectivity index (χ2v) is 5.90. The van der Waals surface area contributed by atoms with E-state index in [1.54, 1.807) is 6.07 Å². The molecule has 21 heavy (non-hydrogen) atoms. The summed E-state index contributed by atoms with van der Waals surface area (Å²) in [5, 5.41) is 0. The number of carbonyl (C=O) groups excluding carboxylic acids is 2. The molecule has 0 atom stereocenters. The molecule has 1 aliphatic carbocycles. The van der Waals surface area contributed by atoms with E-state index in [4.69, 9.17) is 0 Å². The molecule has 114 valence electrons. The molecule has 0 aromatic heterocycles. The predicted molar refractivity (Wildman–Crippen MR) is 79.4 cm³/mol. The number of halogens is 2. The highest BCUT2D eigenvalue weighted by Gasteiger charge is 2.31. The summed E-state index contributed by atoms with van der Waals surface area (Å²) in [5.74, 6) is -1.56. The van der Waals surface area contributed by atoms with Gasteiger partial charge in [-0.2, -0.15) is 0 Å². The first-order chi connectivity index (χ1) is 10.0. The number of benzene rings is 1. The molecule has 1 aromatic carbocycles. The minimum Gasteiger partial charge on any atom is -0.468 e. The molecule has 1 saturated carbocycles. The number of hydrogen-bond acceptors (Lipinski definition) is 3. The minimum absolute atomic E-state index is 0.0276. The van der Waals surface area contributed by atoms with Crippen molar-refractivity contribution in [2.45, 2.75) is 31.7 Å². The third-order valence-corrected chi connectivity index (χ3v) is 4.35. The van der Waals surface area contributed by atoms with Gasteiger partial charge in [0.1, 0.15) is 12.4 Å². The first-order valence-corrected chi connectivity index (χ1v) is 7.65. The van der Waals surface area contributed by atoms with Crippen molar-refractivity contribution < 1.29 is 18.7 Å². The van der Waals surface area contributed by atoms with E-state index in [0.717, 1.165) is 25.7 Å². The Morgan fingerprint density at radius 1 is 1.38 bits per heavy atom. The van der Waals surface area contributed by atoms with Crippen molar-refractivity contribution in [2.75, 3.05) is 13.7 Å². The Labute approximate surface area is 131 Å². The fourth-order valence-corrected chi connectivity index (χ4v) is 2.98. The number of esters is 1. The topological polar surface area (TPSA) is 46.6 Å². The second kappa shape index (κ2) is 7.02. The molecular weight excluding hydrogens is 341 g/mol. The monoisotopic (exact) mass is 357 g/mol. The fourth-order valence-electron chi connectivity index (χ4n) is 2.61. The summed E-state index contributed by atoms with van der Waals surface area (Å²) < 4.78 is 19.0. The molecule has 0 spiro atoms. The molecule has 0 heterocycles. The molecule has 0 N–H and O–H groups in total. The molecular formula is C15H17BrFNO3. The first-order valence-electron chi connectivity index (χ1n) is 6.86. The van der Waals surface area contributed by atoms with E-state index in [1.165, 1.54) is 24.1 Å². The average molecular weight is 358 g/mol. The van der Waals surface area contributed by atoms with E-state index in [2.05, 4.69) is 20.7 Å². The van der Waals surface area contributed by atoms with Crippen molar-refractivity contribution in [2.24, 2.45) is 0 Å². The van der Waals surface area contributed by atoms with E-state index in [1.807, 2.05) is 0 Å². The summed E-state index contributed by atoms with van der Waals surface area (Å²) in [6.45, 7) is -0.147. The summed E-state index contributed by atoms with van der Waals surface area (Å²) in [5.41, 5.74) is -0.0276. The van der Waals surface area contributed by atoms with Gasteiger partial charge >= 0.3 is 5.97 Å². The van der Waals surface area contributed by atoms with Gasteiger partial charge < -0.3 is 9.64 Å². The van der Waals surface area contributed by atoms with Crippen molar-refractivity contribution in [3.05, 3.63) is 34.1 Å². The van der Waals surface area contributed by atoms with Crippen LogP contribution in [0.3, 0.4) is 0 Å². The number of ether oxygens (including phenoxy) is 1.